The van der Waals surface area contributed by atoms with Crippen LogP contribution in [0.5, 0.6) is 0 Å². The third-order valence-electron chi connectivity index (χ3n) is 16.9. The highest BCUT2D eigenvalue weighted by Crippen LogP contribution is 2.75. The van der Waals surface area contributed by atoms with Crippen LogP contribution in [0.2, 0.25) is 0 Å². The monoisotopic (exact) mass is 574 g/mol. The van der Waals surface area contributed by atoms with Crippen LogP contribution >= 0.6 is 0 Å². The Morgan fingerprint density at radius 1 is 0.524 bits per heavy atom. The van der Waals surface area contributed by atoms with Gasteiger partial charge in [-0.2, -0.15) is 0 Å². The van der Waals surface area contributed by atoms with Gasteiger partial charge >= 0.3 is 0 Å². The van der Waals surface area contributed by atoms with E-state index in [0.717, 1.165) is 89.9 Å². The molecule has 0 aromatic heterocycles. The van der Waals surface area contributed by atoms with Crippen LogP contribution in [-0.4, -0.2) is 33.0 Å². The quantitative estimate of drug-likeness (QED) is 0.340. The van der Waals surface area contributed by atoms with Gasteiger partial charge in [-0.15, -0.1) is 0 Å². The number of carbonyl (C=O) groups is 2. The summed E-state index contributed by atoms with van der Waals surface area (Å²) in [6.45, 7) is 9.62. The number of aliphatic hydroxyl groups is 2. The molecule has 2 N–H and O–H groups in total. The van der Waals surface area contributed by atoms with E-state index in [1.807, 2.05) is 12.2 Å². The SMILES string of the molecule is C[C@]12CCC(=O)C=C1CC[C@@H]1[C@@H]2CC[C@@]2(C)[C@H]1CCC2(O)C1(O)CC[C@H]2[C@@H]3CCC4=CC(=O)CC[C@]4(C)[C@H]3CC[C@@]21C. The zero-order valence-electron chi connectivity index (χ0n) is 26.6. The predicted molar refractivity (Wildman–Crippen MR) is 163 cm³/mol. The summed E-state index contributed by atoms with van der Waals surface area (Å²) >= 11 is 0. The molecule has 0 saturated heterocycles. The normalized spacial score (nSPS) is 56.7. The van der Waals surface area contributed by atoms with Gasteiger partial charge in [0.25, 0.3) is 0 Å². The van der Waals surface area contributed by atoms with Crippen molar-refractivity contribution in [1.82, 2.24) is 0 Å². The van der Waals surface area contributed by atoms with E-state index >= 15 is 0 Å². The molecule has 230 valence electrons. The maximum absolute atomic E-state index is 13.1. The first-order valence-electron chi connectivity index (χ1n) is 17.7. The number of ketones is 2. The molecule has 0 spiro atoms. The molecule has 12 atom stereocenters. The zero-order chi connectivity index (χ0) is 29.5. The molecule has 8 rings (SSSR count). The fraction of sp³-hybridized carbons (Fsp3) is 0.842. The molecule has 0 heterocycles. The second kappa shape index (κ2) is 8.71. The van der Waals surface area contributed by atoms with Gasteiger partial charge in [-0.25, -0.2) is 0 Å². The first kappa shape index (κ1) is 28.2. The van der Waals surface area contributed by atoms with Crippen molar-refractivity contribution in [2.45, 2.75) is 142 Å². The minimum atomic E-state index is -1.05. The molecule has 6 fully saturated rings. The molecule has 0 aliphatic heterocycles. The number of hydrogen-bond acceptors (Lipinski definition) is 4. The van der Waals surface area contributed by atoms with E-state index in [1.54, 1.807) is 0 Å². The smallest absolute Gasteiger partial charge is 0.155 e. The highest BCUT2D eigenvalue weighted by molar-refractivity contribution is 5.92. The largest absolute Gasteiger partial charge is 0.386 e. The first-order valence-corrected chi connectivity index (χ1v) is 17.7. The van der Waals surface area contributed by atoms with Crippen molar-refractivity contribution in [3.8, 4) is 0 Å². The van der Waals surface area contributed by atoms with Crippen molar-refractivity contribution in [2.24, 2.45) is 57.2 Å². The van der Waals surface area contributed by atoms with Crippen molar-refractivity contribution in [3.05, 3.63) is 23.3 Å². The molecule has 0 aromatic carbocycles. The molecule has 8 aliphatic carbocycles. The second-order valence-electron chi connectivity index (χ2n) is 17.6. The molecule has 8 aliphatic rings. The summed E-state index contributed by atoms with van der Waals surface area (Å²) in [7, 11) is 0. The molecule has 0 bridgehead atoms. The summed E-state index contributed by atoms with van der Waals surface area (Å²) in [6, 6.07) is 0. The molecule has 4 nitrogen and oxygen atoms in total. The number of allylic oxidation sites excluding steroid dienone is 2. The lowest BCUT2D eigenvalue weighted by Crippen LogP contribution is -2.69. The Morgan fingerprint density at radius 2 is 0.905 bits per heavy atom. The average Bonchev–Trinajstić information content (AvgIpc) is 3.40. The summed E-state index contributed by atoms with van der Waals surface area (Å²) < 4.78 is 0. The number of rotatable bonds is 1. The third kappa shape index (κ3) is 3.18. The van der Waals surface area contributed by atoms with Crippen molar-refractivity contribution >= 4 is 11.6 Å². The van der Waals surface area contributed by atoms with Gasteiger partial charge in [0, 0.05) is 23.7 Å². The average molecular weight is 575 g/mol. The standard InChI is InChI=1S/C38H54O4/c1-33-15-9-25(39)21-23(33)5-7-27-29(33)11-17-35(3)31(27)13-19-37(35,41)38(42)20-14-32-28-8-6-24-22-26(40)10-16-34(24,2)30(28)12-18-36(32,38)4/h21-22,27-32,41-42H,5-20H2,1-4H3/t27-,28-,29+,30+,31+,32+,33+,34+,35+,36+,37?,38?/m1/s1. The summed E-state index contributed by atoms with van der Waals surface area (Å²) in [4.78, 5) is 24.6. The molecule has 2 unspecified atom stereocenters. The zero-order valence-corrected chi connectivity index (χ0v) is 26.6. The lowest BCUT2D eigenvalue weighted by atomic mass is 9.42. The van der Waals surface area contributed by atoms with E-state index in [-0.39, 0.29) is 21.7 Å². The van der Waals surface area contributed by atoms with Crippen LogP contribution in [0.4, 0.5) is 0 Å². The molecule has 42 heavy (non-hydrogen) atoms. The van der Waals surface area contributed by atoms with E-state index in [2.05, 4.69) is 27.7 Å². The molecule has 0 radical (unpaired) electrons. The van der Waals surface area contributed by atoms with Crippen LogP contribution in [-0.2, 0) is 9.59 Å². The van der Waals surface area contributed by atoms with Gasteiger partial charge < -0.3 is 10.2 Å². The first-order chi connectivity index (χ1) is 19.8. The molecule has 0 amide bonds. The van der Waals surface area contributed by atoms with Crippen LogP contribution in [0.25, 0.3) is 0 Å². The molecular weight excluding hydrogens is 520 g/mol. The minimum absolute atomic E-state index is 0.132. The van der Waals surface area contributed by atoms with Gasteiger partial charge in [0.05, 0.1) is 11.2 Å². The fourth-order valence-corrected chi connectivity index (χ4v) is 14.5. The highest BCUT2D eigenvalue weighted by Gasteiger charge is 2.76. The third-order valence-corrected chi connectivity index (χ3v) is 16.9. The Bertz CT molecular complexity index is 1200. The lowest BCUT2D eigenvalue weighted by Gasteiger charge is -2.64. The summed E-state index contributed by atoms with van der Waals surface area (Å²) in [5.41, 5.74) is 0.438. The summed E-state index contributed by atoms with van der Waals surface area (Å²) in [5, 5.41) is 26.3. The van der Waals surface area contributed by atoms with Crippen LogP contribution < -0.4 is 0 Å². The van der Waals surface area contributed by atoms with E-state index in [0.29, 0.717) is 59.9 Å². The van der Waals surface area contributed by atoms with E-state index in [1.165, 1.54) is 11.1 Å². The molecule has 6 saturated carbocycles. The van der Waals surface area contributed by atoms with Gasteiger partial charge in [0.2, 0.25) is 0 Å². The minimum Gasteiger partial charge on any atom is -0.386 e. The fourth-order valence-electron chi connectivity index (χ4n) is 14.5. The Morgan fingerprint density at radius 3 is 1.31 bits per heavy atom. The second-order valence-corrected chi connectivity index (χ2v) is 17.6. The van der Waals surface area contributed by atoms with Gasteiger partial charge in [0.1, 0.15) is 0 Å². The van der Waals surface area contributed by atoms with E-state index in [9.17, 15) is 19.8 Å². The van der Waals surface area contributed by atoms with Crippen molar-refractivity contribution < 1.29 is 19.8 Å². The Hall–Kier alpha value is -1.26. The molecule has 4 heteroatoms. The summed E-state index contributed by atoms with van der Waals surface area (Å²) in [5.74, 6) is 3.86. The maximum Gasteiger partial charge on any atom is 0.155 e. The van der Waals surface area contributed by atoms with Gasteiger partial charge in [-0.3, -0.25) is 9.59 Å². The lowest BCUT2D eigenvalue weighted by molar-refractivity contribution is -0.269. The number of carbonyl (C=O) groups excluding carboxylic acids is 2. The van der Waals surface area contributed by atoms with Crippen LogP contribution in [0.15, 0.2) is 23.3 Å². The van der Waals surface area contributed by atoms with Gasteiger partial charge in [-0.1, -0.05) is 38.8 Å². The van der Waals surface area contributed by atoms with E-state index < -0.39 is 11.2 Å². The summed E-state index contributed by atoms with van der Waals surface area (Å²) in [6.07, 6.45) is 19.4. The Balaban J connectivity index is 1.10. The molecule has 0 aromatic rings. The van der Waals surface area contributed by atoms with Crippen molar-refractivity contribution in [2.75, 3.05) is 0 Å². The van der Waals surface area contributed by atoms with E-state index in [4.69, 9.17) is 0 Å². The van der Waals surface area contributed by atoms with Crippen LogP contribution in [0, 0.1) is 57.2 Å². The highest BCUT2D eigenvalue weighted by atomic mass is 16.4. The predicted octanol–water partition coefficient (Wildman–Crippen LogP) is 7.51. The van der Waals surface area contributed by atoms with Crippen molar-refractivity contribution in [3.63, 3.8) is 0 Å². The molecular formula is C38H54O4. The van der Waals surface area contributed by atoms with Gasteiger partial charge in [0.15, 0.2) is 11.6 Å². The van der Waals surface area contributed by atoms with Crippen LogP contribution in [0.3, 0.4) is 0 Å². The van der Waals surface area contributed by atoms with Crippen LogP contribution in [0.1, 0.15) is 130 Å². The Labute approximate surface area is 253 Å². The number of hydrogen-bond donors (Lipinski definition) is 2. The van der Waals surface area contributed by atoms with Gasteiger partial charge in [-0.05, 0) is 148 Å². The topological polar surface area (TPSA) is 74.6 Å². The maximum atomic E-state index is 13.1. The number of fused-ring (bicyclic) bond motifs is 10. The Kier molecular flexibility index (Phi) is 5.86. The van der Waals surface area contributed by atoms with Crippen molar-refractivity contribution in [1.29, 1.82) is 0 Å².